The van der Waals surface area contributed by atoms with Crippen molar-refractivity contribution in [3.63, 3.8) is 0 Å². The van der Waals surface area contributed by atoms with Crippen molar-refractivity contribution in [1.82, 2.24) is 34.4 Å². The van der Waals surface area contributed by atoms with Crippen LogP contribution in [-0.4, -0.2) is 47.0 Å². The monoisotopic (exact) mass is 478 g/mol. The van der Waals surface area contributed by atoms with Gasteiger partial charge in [0.25, 0.3) is 0 Å². The number of nitrogens with zero attached hydrogens (tertiary/aromatic N) is 8. The molecule has 0 unspecified atom stereocenters. The van der Waals surface area contributed by atoms with Crippen LogP contribution in [0.2, 0.25) is 0 Å². The maximum absolute atomic E-state index is 13.7. The third-order valence-corrected chi connectivity index (χ3v) is 6.61. The second-order valence-electron chi connectivity index (χ2n) is 8.64. The zero-order valence-corrected chi connectivity index (χ0v) is 19.5. The SMILES string of the molecule is Cc1c(-c2cc(O[C@H](C)c3ccccn3)c3c(c2)ncn3C(F)F)nnn1[C@@H]1CCN(C#N)[C@H]1C. The predicted molar refractivity (Wildman–Crippen MR) is 123 cm³/mol. The van der Waals surface area contributed by atoms with E-state index in [1.807, 2.05) is 37.6 Å². The highest BCUT2D eigenvalue weighted by atomic mass is 19.3. The molecule has 0 radical (unpaired) electrons. The number of imidazole rings is 1. The minimum Gasteiger partial charge on any atom is -0.482 e. The van der Waals surface area contributed by atoms with Gasteiger partial charge in [-0.3, -0.25) is 9.55 Å². The summed E-state index contributed by atoms with van der Waals surface area (Å²) in [6, 6.07) is 8.88. The van der Waals surface area contributed by atoms with E-state index in [2.05, 4.69) is 26.5 Å². The Morgan fingerprint density at radius 1 is 1.23 bits per heavy atom. The van der Waals surface area contributed by atoms with Gasteiger partial charge in [0.1, 0.15) is 29.4 Å². The van der Waals surface area contributed by atoms with Crippen molar-refractivity contribution in [3.05, 3.63) is 54.2 Å². The van der Waals surface area contributed by atoms with E-state index < -0.39 is 12.7 Å². The minimum absolute atomic E-state index is 0.00409. The van der Waals surface area contributed by atoms with Crippen LogP contribution in [0.1, 0.15) is 50.4 Å². The van der Waals surface area contributed by atoms with Crippen LogP contribution in [0, 0.1) is 18.4 Å². The number of aromatic nitrogens is 6. The van der Waals surface area contributed by atoms with Crippen molar-refractivity contribution < 1.29 is 13.5 Å². The molecule has 1 aromatic carbocycles. The quantitative estimate of drug-likeness (QED) is 0.372. The van der Waals surface area contributed by atoms with Gasteiger partial charge in [0, 0.05) is 18.3 Å². The van der Waals surface area contributed by atoms with Crippen LogP contribution >= 0.6 is 0 Å². The van der Waals surface area contributed by atoms with Crippen molar-refractivity contribution in [1.29, 1.82) is 5.26 Å². The van der Waals surface area contributed by atoms with Gasteiger partial charge in [-0.2, -0.15) is 14.0 Å². The number of pyridine rings is 1. The van der Waals surface area contributed by atoms with Crippen LogP contribution in [-0.2, 0) is 0 Å². The number of halogens is 2. The molecule has 11 heteroatoms. The molecule has 3 aromatic heterocycles. The average Bonchev–Trinajstić information content (AvgIpc) is 3.56. The highest BCUT2D eigenvalue weighted by Gasteiger charge is 2.34. The zero-order chi connectivity index (χ0) is 24.7. The Hall–Kier alpha value is -4.07. The molecule has 0 saturated carbocycles. The van der Waals surface area contributed by atoms with E-state index in [1.54, 1.807) is 29.3 Å². The first-order valence-corrected chi connectivity index (χ1v) is 11.3. The lowest BCUT2D eigenvalue weighted by molar-refractivity contribution is 0.0737. The van der Waals surface area contributed by atoms with Gasteiger partial charge in [-0.25, -0.2) is 9.67 Å². The van der Waals surface area contributed by atoms with Crippen molar-refractivity contribution in [2.75, 3.05) is 6.54 Å². The first-order chi connectivity index (χ1) is 16.9. The van der Waals surface area contributed by atoms with E-state index in [4.69, 9.17) is 4.74 Å². The largest absolute Gasteiger partial charge is 0.482 e. The number of rotatable bonds is 6. The third-order valence-electron chi connectivity index (χ3n) is 6.61. The maximum Gasteiger partial charge on any atom is 0.320 e. The molecule has 1 aliphatic heterocycles. The number of hydrogen-bond donors (Lipinski definition) is 0. The van der Waals surface area contributed by atoms with Gasteiger partial charge in [0.2, 0.25) is 0 Å². The summed E-state index contributed by atoms with van der Waals surface area (Å²) in [4.78, 5) is 10.3. The number of fused-ring (bicyclic) bond motifs is 1. The van der Waals surface area contributed by atoms with Gasteiger partial charge in [0.05, 0.1) is 29.0 Å². The van der Waals surface area contributed by atoms with Crippen LogP contribution in [0.15, 0.2) is 42.9 Å². The summed E-state index contributed by atoms with van der Waals surface area (Å²) in [5.74, 6) is 0.257. The first kappa shape index (κ1) is 22.7. The van der Waals surface area contributed by atoms with Gasteiger partial charge in [-0.1, -0.05) is 11.3 Å². The standard InChI is InChI=1S/C24H24F2N8O/c1-14-20(7-9-32(14)12-27)34-15(2)22(30-31-34)17-10-19-23(33(13-29-19)24(25)26)21(11-17)35-16(3)18-6-4-5-8-28-18/h4-6,8,10-11,13-14,16,20,24H,7,9H2,1-3H3/t14-,16+,20+/m0/s1. The molecule has 9 nitrogen and oxygen atoms in total. The van der Waals surface area contributed by atoms with Gasteiger partial charge in [-0.15, -0.1) is 5.10 Å². The van der Waals surface area contributed by atoms with E-state index in [0.717, 1.165) is 23.0 Å². The molecule has 0 amide bonds. The van der Waals surface area contributed by atoms with Crippen LogP contribution in [0.5, 0.6) is 5.75 Å². The molecule has 1 fully saturated rings. The maximum atomic E-state index is 13.7. The molecule has 35 heavy (non-hydrogen) atoms. The Morgan fingerprint density at radius 2 is 2.06 bits per heavy atom. The molecule has 4 heterocycles. The normalized spacial score (nSPS) is 18.8. The Balaban J connectivity index is 1.57. The topological polar surface area (TPSA) is 97.7 Å². The Kier molecular flexibility index (Phi) is 5.80. The number of likely N-dealkylation sites (tertiary alicyclic amines) is 1. The van der Waals surface area contributed by atoms with Crippen molar-refractivity contribution in [2.24, 2.45) is 0 Å². The molecule has 180 valence electrons. The van der Waals surface area contributed by atoms with Crippen LogP contribution in [0.25, 0.3) is 22.3 Å². The molecule has 0 bridgehead atoms. The third kappa shape index (κ3) is 3.95. The molecule has 0 aliphatic carbocycles. The molecule has 5 rings (SSSR count). The molecule has 1 aliphatic rings. The highest BCUT2D eigenvalue weighted by molar-refractivity contribution is 5.87. The second-order valence-corrected chi connectivity index (χ2v) is 8.64. The van der Waals surface area contributed by atoms with Crippen molar-refractivity contribution >= 4 is 11.0 Å². The van der Waals surface area contributed by atoms with Crippen LogP contribution < -0.4 is 4.74 Å². The summed E-state index contributed by atoms with van der Waals surface area (Å²) in [5, 5.41) is 18.1. The second kappa shape index (κ2) is 8.94. The molecular formula is C24H24F2N8O. The minimum atomic E-state index is -2.77. The molecule has 0 N–H and O–H groups in total. The first-order valence-electron chi connectivity index (χ1n) is 11.3. The van der Waals surface area contributed by atoms with Gasteiger partial charge < -0.3 is 9.64 Å². The van der Waals surface area contributed by atoms with Crippen molar-refractivity contribution in [2.45, 2.75) is 51.9 Å². The fourth-order valence-corrected chi connectivity index (χ4v) is 4.69. The van der Waals surface area contributed by atoms with E-state index in [9.17, 15) is 14.0 Å². The summed E-state index contributed by atoms with van der Waals surface area (Å²) >= 11 is 0. The molecule has 4 aromatic rings. The lowest BCUT2D eigenvalue weighted by Crippen LogP contribution is -2.28. The highest BCUT2D eigenvalue weighted by Crippen LogP contribution is 2.37. The van der Waals surface area contributed by atoms with Crippen LogP contribution in [0.4, 0.5) is 8.78 Å². The van der Waals surface area contributed by atoms with E-state index in [-0.39, 0.29) is 23.3 Å². The number of hydrogen-bond acceptors (Lipinski definition) is 7. The van der Waals surface area contributed by atoms with Gasteiger partial charge >= 0.3 is 6.55 Å². The van der Waals surface area contributed by atoms with E-state index >= 15 is 0 Å². The smallest absolute Gasteiger partial charge is 0.320 e. The van der Waals surface area contributed by atoms with Crippen molar-refractivity contribution in [3.8, 4) is 23.2 Å². The van der Waals surface area contributed by atoms with E-state index in [1.165, 1.54) is 0 Å². The molecule has 0 spiro atoms. The summed E-state index contributed by atoms with van der Waals surface area (Å²) in [5.41, 5.74) is 3.32. The predicted octanol–water partition coefficient (Wildman–Crippen LogP) is 4.65. The van der Waals surface area contributed by atoms with Gasteiger partial charge in [-0.05, 0) is 51.5 Å². The lowest BCUT2D eigenvalue weighted by atomic mass is 10.1. The zero-order valence-electron chi connectivity index (χ0n) is 19.5. The summed E-state index contributed by atoms with van der Waals surface area (Å²) in [6.45, 7) is 3.62. The summed E-state index contributed by atoms with van der Waals surface area (Å²) < 4.78 is 36.3. The fraction of sp³-hybridized carbons (Fsp3) is 0.375. The molecular weight excluding hydrogens is 454 g/mol. The lowest BCUT2D eigenvalue weighted by Gasteiger charge is -2.20. The van der Waals surface area contributed by atoms with Gasteiger partial charge in [0.15, 0.2) is 6.19 Å². The molecule has 1 saturated heterocycles. The Bertz CT molecular complexity index is 1390. The summed E-state index contributed by atoms with van der Waals surface area (Å²) in [7, 11) is 0. The number of benzene rings is 1. The Morgan fingerprint density at radius 3 is 2.74 bits per heavy atom. The Labute approximate surface area is 200 Å². The molecule has 3 atom stereocenters. The fourth-order valence-electron chi connectivity index (χ4n) is 4.69. The number of ether oxygens (including phenoxy) is 1. The van der Waals surface area contributed by atoms with E-state index in [0.29, 0.717) is 29.0 Å². The number of alkyl halides is 2. The number of nitriles is 1. The average molecular weight is 479 g/mol. The summed E-state index contributed by atoms with van der Waals surface area (Å²) in [6.07, 6.45) is 5.29. The van der Waals surface area contributed by atoms with Crippen LogP contribution in [0.3, 0.4) is 0 Å².